The van der Waals surface area contributed by atoms with Gasteiger partial charge < -0.3 is 5.73 Å². The second-order valence-corrected chi connectivity index (χ2v) is 5.17. The largest absolute Gasteiger partial charge is 0.396 e. The maximum absolute atomic E-state index is 12.9. The van der Waals surface area contributed by atoms with E-state index in [-0.39, 0.29) is 11.0 Å². The van der Waals surface area contributed by atoms with Crippen molar-refractivity contribution >= 4 is 0 Å². The van der Waals surface area contributed by atoms with Crippen molar-refractivity contribution in [2.24, 2.45) is 5.73 Å². The van der Waals surface area contributed by atoms with E-state index < -0.39 is 18.6 Å². The van der Waals surface area contributed by atoms with Gasteiger partial charge in [-0.2, -0.15) is 13.2 Å². The van der Waals surface area contributed by atoms with Gasteiger partial charge in [-0.1, -0.05) is 45.0 Å². The van der Waals surface area contributed by atoms with Crippen LogP contribution in [0.15, 0.2) is 24.3 Å². The third-order valence-corrected chi connectivity index (χ3v) is 2.78. The maximum atomic E-state index is 12.9. The van der Waals surface area contributed by atoms with Gasteiger partial charge in [0, 0.05) is 6.54 Å². The van der Waals surface area contributed by atoms with Gasteiger partial charge in [0.15, 0.2) is 0 Å². The van der Waals surface area contributed by atoms with Crippen LogP contribution in [0.2, 0.25) is 0 Å². The highest BCUT2D eigenvalue weighted by Gasteiger charge is 2.41. The van der Waals surface area contributed by atoms with Gasteiger partial charge in [0.1, 0.15) is 0 Å². The number of hydrogen-bond donors (Lipinski definition) is 1. The number of alkyl halides is 3. The van der Waals surface area contributed by atoms with Crippen LogP contribution in [-0.4, -0.2) is 12.7 Å². The molecule has 0 aliphatic heterocycles. The van der Waals surface area contributed by atoms with E-state index in [1.165, 1.54) is 6.07 Å². The summed E-state index contributed by atoms with van der Waals surface area (Å²) in [4.78, 5) is 0. The molecule has 0 aromatic heterocycles. The number of rotatable bonds is 2. The molecule has 1 atom stereocenters. The first kappa shape index (κ1) is 14.0. The van der Waals surface area contributed by atoms with Crippen LogP contribution < -0.4 is 5.73 Å². The Morgan fingerprint density at radius 3 is 2.06 bits per heavy atom. The quantitative estimate of drug-likeness (QED) is 0.846. The molecule has 0 aliphatic carbocycles. The Balaban J connectivity index is 3.30. The van der Waals surface area contributed by atoms with Crippen LogP contribution >= 0.6 is 0 Å². The number of nitrogens with two attached hydrogens (primary N) is 1. The summed E-state index contributed by atoms with van der Waals surface area (Å²) >= 11 is 0. The lowest BCUT2D eigenvalue weighted by Gasteiger charge is -2.28. The van der Waals surface area contributed by atoms with Crippen molar-refractivity contribution in [1.29, 1.82) is 0 Å². The number of halogens is 3. The van der Waals surface area contributed by atoms with Gasteiger partial charge in [0.2, 0.25) is 0 Å². The fourth-order valence-electron chi connectivity index (χ4n) is 1.92. The fourth-order valence-corrected chi connectivity index (χ4v) is 1.92. The van der Waals surface area contributed by atoms with Crippen LogP contribution in [0.5, 0.6) is 0 Å². The Morgan fingerprint density at radius 1 is 1.12 bits per heavy atom. The molecular formula is C13H18F3N. The van der Waals surface area contributed by atoms with Crippen LogP contribution in [0, 0.1) is 0 Å². The van der Waals surface area contributed by atoms with Crippen LogP contribution in [0.1, 0.15) is 37.8 Å². The summed E-state index contributed by atoms with van der Waals surface area (Å²) < 4.78 is 38.7. The molecule has 0 heterocycles. The molecule has 1 unspecified atom stereocenters. The third kappa shape index (κ3) is 3.22. The minimum absolute atomic E-state index is 0.287. The van der Waals surface area contributed by atoms with Gasteiger partial charge in [0.25, 0.3) is 0 Å². The van der Waals surface area contributed by atoms with Gasteiger partial charge in [-0.05, 0) is 16.5 Å². The topological polar surface area (TPSA) is 26.0 Å². The molecule has 1 aromatic carbocycles. The van der Waals surface area contributed by atoms with Crippen molar-refractivity contribution in [3.63, 3.8) is 0 Å². The molecule has 2 N–H and O–H groups in total. The minimum atomic E-state index is -4.30. The summed E-state index contributed by atoms with van der Waals surface area (Å²) in [5.41, 5.74) is 5.95. The lowest BCUT2D eigenvalue weighted by Crippen LogP contribution is -2.30. The average molecular weight is 245 g/mol. The average Bonchev–Trinajstić information content (AvgIpc) is 2.15. The van der Waals surface area contributed by atoms with E-state index >= 15 is 0 Å². The van der Waals surface area contributed by atoms with Crippen molar-refractivity contribution in [2.45, 2.75) is 38.3 Å². The molecule has 1 rings (SSSR count). The standard InChI is InChI=1S/C13H18F3N/c1-12(2,3)10-7-5-4-6-9(10)11(8-17)13(14,15)16/h4-7,11H,8,17H2,1-3H3. The highest BCUT2D eigenvalue weighted by atomic mass is 19.4. The van der Waals surface area contributed by atoms with Crippen LogP contribution in [0.4, 0.5) is 13.2 Å². The summed E-state index contributed by atoms with van der Waals surface area (Å²) in [6.45, 7) is 5.28. The minimum Gasteiger partial charge on any atom is -0.330 e. The smallest absolute Gasteiger partial charge is 0.330 e. The van der Waals surface area contributed by atoms with Crippen molar-refractivity contribution < 1.29 is 13.2 Å². The number of benzene rings is 1. The van der Waals surface area contributed by atoms with E-state index in [0.29, 0.717) is 5.56 Å². The monoisotopic (exact) mass is 245 g/mol. The maximum Gasteiger partial charge on any atom is 0.396 e. The zero-order chi connectivity index (χ0) is 13.3. The van der Waals surface area contributed by atoms with Crippen LogP contribution in [-0.2, 0) is 5.41 Å². The Morgan fingerprint density at radius 2 is 1.65 bits per heavy atom. The first-order chi connectivity index (χ1) is 7.68. The molecule has 0 amide bonds. The van der Waals surface area contributed by atoms with Crippen LogP contribution in [0.25, 0.3) is 0 Å². The zero-order valence-electron chi connectivity index (χ0n) is 10.3. The second kappa shape index (κ2) is 4.69. The molecule has 17 heavy (non-hydrogen) atoms. The molecule has 0 spiro atoms. The van der Waals surface area contributed by atoms with Crippen molar-refractivity contribution in [1.82, 2.24) is 0 Å². The number of hydrogen-bond acceptors (Lipinski definition) is 1. The van der Waals surface area contributed by atoms with Gasteiger partial charge in [-0.3, -0.25) is 0 Å². The summed E-state index contributed by atoms with van der Waals surface area (Å²) in [7, 11) is 0. The van der Waals surface area contributed by atoms with E-state index in [0.717, 1.165) is 0 Å². The molecule has 96 valence electrons. The molecule has 0 fully saturated rings. The van der Waals surface area contributed by atoms with Gasteiger partial charge in [-0.15, -0.1) is 0 Å². The molecule has 0 saturated carbocycles. The van der Waals surface area contributed by atoms with Crippen LogP contribution in [0.3, 0.4) is 0 Å². The molecule has 4 heteroatoms. The Labute approximate surface area is 99.8 Å². The molecular weight excluding hydrogens is 227 g/mol. The summed E-state index contributed by atoms with van der Waals surface area (Å²) in [5.74, 6) is -1.59. The molecule has 1 aromatic rings. The van der Waals surface area contributed by atoms with Crippen molar-refractivity contribution in [3.8, 4) is 0 Å². The summed E-state index contributed by atoms with van der Waals surface area (Å²) in [6, 6.07) is 6.64. The lowest BCUT2D eigenvalue weighted by atomic mass is 9.80. The van der Waals surface area contributed by atoms with E-state index in [4.69, 9.17) is 5.73 Å². The first-order valence-corrected chi connectivity index (χ1v) is 5.54. The Hall–Kier alpha value is -1.03. The molecule has 1 nitrogen and oxygen atoms in total. The molecule has 0 aliphatic rings. The van der Waals surface area contributed by atoms with Gasteiger partial charge >= 0.3 is 6.18 Å². The Bertz CT molecular complexity index is 377. The van der Waals surface area contributed by atoms with E-state index in [1.54, 1.807) is 18.2 Å². The first-order valence-electron chi connectivity index (χ1n) is 5.54. The Kier molecular flexibility index (Phi) is 3.87. The highest BCUT2D eigenvalue weighted by Crippen LogP contribution is 2.38. The van der Waals surface area contributed by atoms with Gasteiger partial charge in [-0.25, -0.2) is 0 Å². The van der Waals surface area contributed by atoms with E-state index in [1.807, 2.05) is 20.8 Å². The lowest BCUT2D eigenvalue weighted by molar-refractivity contribution is -0.148. The van der Waals surface area contributed by atoms with Crippen molar-refractivity contribution in [3.05, 3.63) is 35.4 Å². The normalized spacial score (nSPS) is 14.8. The molecule has 0 saturated heterocycles. The highest BCUT2D eigenvalue weighted by molar-refractivity contribution is 5.36. The fraction of sp³-hybridized carbons (Fsp3) is 0.538. The molecule has 0 radical (unpaired) electrons. The summed E-state index contributed by atoms with van der Waals surface area (Å²) in [5, 5.41) is 0. The SMILES string of the molecule is CC(C)(C)c1ccccc1C(CN)C(F)(F)F. The van der Waals surface area contributed by atoms with E-state index in [2.05, 4.69) is 0 Å². The predicted octanol–water partition coefficient (Wildman–Crippen LogP) is 3.59. The van der Waals surface area contributed by atoms with E-state index in [9.17, 15) is 13.2 Å². The predicted molar refractivity (Wildman–Crippen MR) is 63.0 cm³/mol. The summed E-state index contributed by atoms with van der Waals surface area (Å²) in [6.07, 6.45) is -4.30. The third-order valence-electron chi connectivity index (χ3n) is 2.78. The second-order valence-electron chi connectivity index (χ2n) is 5.17. The molecule has 0 bridgehead atoms. The van der Waals surface area contributed by atoms with Crippen molar-refractivity contribution in [2.75, 3.05) is 6.54 Å². The van der Waals surface area contributed by atoms with Gasteiger partial charge in [0.05, 0.1) is 5.92 Å². The zero-order valence-corrected chi connectivity index (χ0v) is 10.3.